The summed E-state index contributed by atoms with van der Waals surface area (Å²) in [6.45, 7) is 5.40. The molecule has 0 aromatic heterocycles. The first kappa shape index (κ1) is 9.27. The van der Waals surface area contributed by atoms with E-state index in [-0.39, 0.29) is 0 Å². The molecule has 1 rings (SSSR count). The zero-order valence-electron chi connectivity index (χ0n) is 8.09. The fraction of sp³-hybridized carbons (Fsp3) is 0.455. The first-order valence-electron chi connectivity index (χ1n) is 4.45. The highest BCUT2D eigenvalue weighted by Gasteiger charge is 2.02. The van der Waals surface area contributed by atoms with Gasteiger partial charge in [0.05, 0.1) is 0 Å². The summed E-state index contributed by atoms with van der Waals surface area (Å²) in [6, 6.07) is 8.75. The van der Waals surface area contributed by atoms with E-state index >= 15 is 0 Å². The largest absolute Gasteiger partial charge is 0.319 e. The molecule has 0 radical (unpaired) electrons. The molecule has 0 saturated heterocycles. The Hall–Kier alpha value is -0.820. The van der Waals surface area contributed by atoms with Crippen molar-refractivity contribution in [2.45, 2.75) is 19.8 Å². The second-order valence-electron chi connectivity index (χ2n) is 3.37. The van der Waals surface area contributed by atoms with E-state index in [2.05, 4.69) is 43.4 Å². The SMILES string of the molecule is CNCC(C)c1ccc(C)cc1. The van der Waals surface area contributed by atoms with E-state index < -0.39 is 0 Å². The summed E-state index contributed by atoms with van der Waals surface area (Å²) in [5.74, 6) is 0.607. The maximum atomic E-state index is 3.18. The summed E-state index contributed by atoms with van der Waals surface area (Å²) in [5.41, 5.74) is 2.74. The van der Waals surface area contributed by atoms with Crippen molar-refractivity contribution in [2.75, 3.05) is 13.6 Å². The quantitative estimate of drug-likeness (QED) is 0.721. The number of hydrogen-bond acceptors (Lipinski definition) is 1. The monoisotopic (exact) mass is 163 g/mol. The first-order chi connectivity index (χ1) is 5.74. The van der Waals surface area contributed by atoms with Crippen LogP contribution >= 0.6 is 0 Å². The molecule has 0 spiro atoms. The molecule has 66 valence electrons. The van der Waals surface area contributed by atoms with Gasteiger partial charge >= 0.3 is 0 Å². The Morgan fingerprint density at radius 1 is 1.25 bits per heavy atom. The highest BCUT2D eigenvalue weighted by molar-refractivity contribution is 5.24. The average molecular weight is 163 g/mol. The Bertz CT molecular complexity index is 225. The zero-order valence-corrected chi connectivity index (χ0v) is 8.09. The molecule has 0 aliphatic heterocycles. The third-order valence-electron chi connectivity index (χ3n) is 2.16. The predicted molar refractivity (Wildman–Crippen MR) is 53.5 cm³/mol. The van der Waals surface area contributed by atoms with Crippen LogP contribution < -0.4 is 5.32 Å². The molecule has 1 unspecified atom stereocenters. The fourth-order valence-corrected chi connectivity index (χ4v) is 1.32. The van der Waals surface area contributed by atoms with Crippen LogP contribution in [0.4, 0.5) is 0 Å². The molecule has 0 bridgehead atoms. The number of rotatable bonds is 3. The van der Waals surface area contributed by atoms with Crippen LogP contribution in [0.1, 0.15) is 24.0 Å². The van der Waals surface area contributed by atoms with Gasteiger partial charge in [0.1, 0.15) is 0 Å². The van der Waals surface area contributed by atoms with Gasteiger partial charge in [0, 0.05) is 6.54 Å². The van der Waals surface area contributed by atoms with Gasteiger partial charge in [-0.15, -0.1) is 0 Å². The van der Waals surface area contributed by atoms with Crippen molar-refractivity contribution < 1.29 is 0 Å². The van der Waals surface area contributed by atoms with Gasteiger partial charge in [-0.3, -0.25) is 0 Å². The Morgan fingerprint density at radius 3 is 2.33 bits per heavy atom. The van der Waals surface area contributed by atoms with Crippen LogP contribution in [-0.4, -0.2) is 13.6 Å². The molecule has 0 fully saturated rings. The molecule has 12 heavy (non-hydrogen) atoms. The maximum Gasteiger partial charge on any atom is 0.00144 e. The molecule has 1 aromatic carbocycles. The summed E-state index contributed by atoms with van der Waals surface area (Å²) in [5, 5.41) is 3.18. The van der Waals surface area contributed by atoms with Crippen molar-refractivity contribution in [1.82, 2.24) is 5.32 Å². The van der Waals surface area contributed by atoms with Crippen LogP contribution in [0.15, 0.2) is 24.3 Å². The second kappa shape index (κ2) is 4.27. The highest BCUT2D eigenvalue weighted by Crippen LogP contribution is 2.14. The molecule has 0 saturated carbocycles. The van der Waals surface area contributed by atoms with Crippen molar-refractivity contribution in [3.63, 3.8) is 0 Å². The second-order valence-corrected chi connectivity index (χ2v) is 3.37. The molecule has 1 N–H and O–H groups in total. The third-order valence-corrected chi connectivity index (χ3v) is 2.16. The summed E-state index contributed by atoms with van der Waals surface area (Å²) in [7, 11) is 1.99. The molecule has 1 nitrogen and oxygen atoms in total. The first-order valence-corrected chi connectivity index (χ1v) is 4.45. The van der Waals surface area contributed by atoms with Gasteiger partial charge < -0.3 is 5.32 Å². The van der Waals surface area contributed by atoms with E-state index in [4.69, 9.17) is 0 Å². The lowest BCUT2D eigenvalue weighted by Gasteiger charge is -2.10. The molecule has 0 heterocycles. The third kappa shape index (κ3) is 2.35. The van der Waals surface area contributed by atoms with Crippen molar-refractivity contribution in [2.24, 2.45) is 0 Å². The smallest absolute Gasteiger partial charge is 0.00144 e. The number of likely N-dealkylation sites (N-methyl/N-ethyl adjacent to an activating group) is 1. The average Bonchev–Trinajstić information content (AvgIpc) is 2.06. The lowest BCUT2D eigenvalue weighted by Crippen LogP contribution is -2.14. The fourth-order valence-electron chi connectivity index (χ4n) is 1.32. The molecule has 1 atom stereocenters. The number of hydrogen-bond donors (Lipinski definition) is 1. The van der Waals surface area contributed by atoms with E-state index in [1.807, 2.05) is 7.05 Å². The molecule has 1 aromatic rings. The minimum absolute atomic E-state index is 0.607. The van der Waals surface area contributed by atoms with Crippen molar-refractivity contribution in [3.8, 4) is 0 Å². The van der Waals surface area contributed by atoms with E-state index in [0.717, 1.165) is 6.54 Å². The van der Waals surface area contributed by atoms with Gasteiger partial charge in [0.2, 0.25) is 0 Å². The van der Waals surface area contributed by atoms with Crippen LogP contribution in [0.3, 0.4) is 0 Å². The molecule has 0 aliphatic carbocycles. The molecular formula is C11H17N. The maximum absolute atomic E-state index is 3.18. The van der Waals surface area contributed by atoms with E-state index in [0.29, 0.717) is 5.92 Å². The lowest BCUT2D eigenvalue weighted by molar-refractivity contribution is 0.678. The summed E-state index contributed by atoms with van der Waals surface area (Å²) >= 11 is 0. The van der Waals surface area contributed by atoms with Gasteiger partial charge in [-0.2, -0.15) is 0 Å². The Labute approximate surface area is 74.8 Å². The molecule has 1 heteroatoms. The molecule has 0 aliphatic rings. The standard InChI is InChI=1S/C11H17N/c1-9-4-6-11(7-5-9)10(2)8-12-3/h4-7,10,12H,8H2,1-3H3. The topological polar surface area (TPSA) is 12.0 Å². The van der Waals surface area contributed by atoms with Crippen LogP contribution in [0.5, 0.6) is 0 Å². The van der Waals surface area contributed by atoms with Crippen LogP contribution in [0.25, 0.3) is 0 Å². The van der Waals surface area contributed by atoms with E-state index in [9.17, 15) is 0 Å². The van der Waals surface area contributed by atoms with Crippen LogP contribution in [0, 0.1) is 6.92 Å². The van der Waals surface area contributed by atoms with Gasteiger partial charge in [-0.05, 0) is 25.5 Å². The minimum atomic E-state index is 0.607. The summed E-state index contributed by atoms with van der Waals surface area (Å²) in [6.07, 6.45) is 0. The Morgan fingerprint density at radius 2 is 1.83 bits per heavy atom. The van der Waals surface area contributed by atoms with Crippen LogP contribution in [0.2, 0.25) is 0 Å². The van der Waals surface area contributed by atoms with Crippen molar-refractivity contribution in [1.29, 1.82) is 0 Å². The summed E-state index contributed by atoms with van der Waals surface area (Å²) < 4.78 is 0. The lowest BCUT2D eigenvalue weighted by atomic mass is 10.0. The Balaban J connectivity index is 2.68. The van der Waals surface area contributed by atoms with E-state index in [1.165, 1.54) is 11.1 Å². The van der Waals surface area contributed by atoms with E-state index in [1.54, 1.807) is 0 Å². The van der Waals surface area contributed by atoms with Gasteiger partial charge in [-0.25, -0.2) is 0 Å². The van der Waals surface area contributed by atoms with Crippen LogP contribution in [-0.2, 0) is 0 Å². The number of nitrogens with one attached hydrogen (secondary N) is 1. The normalized spacial score (nSPS) is 12.9. The predicted octanol–water partition coefficient (Wildman–Crippen LogP) is 2.32. The van der Waals surface area contributed by atoms with Crippen molar-refractivity contribution >= 4 is 0 Å². The zero-order chi connectivity index (χ0) is 8.97. The summed E-state index contributed by atoms with van der Waals surface area (Å²) in [4.78, 5) is 0. The van der Waals surface area contributed by atoms with Gasteiger partial charge in [0.25, 0.3) is 0 Å². The van der Waals surface area contributed by atoms with Gasteiger partial charge in [-0.1, -0.05) is 36.8 Å². The minimum Gasteiger partial charge on any atom is -0.319 e. The van der Waals surface area contributed by atoms with Crippen molar-refractivity contribution in [3.05, 3.63) is 35.4 Å². The number of benzene rings is 1. The van der Waals surface area contributed by atoms with Gasteiger partial charge in [0.15, 0.2) is 0 Å². The Kier molecular flexibility index (Phi) is 3.30. The highest BCUT2D eigenvalue weighted by atomic mass is 14.8. The molecule has 0 amide bonds. The number of aryl methyl sites for hydroxylation is 1. The molecular weight excluding hydrogens is 146 g/mol.